The summed E-state index contributed by atoms with van der Waals surface area (Å²) in [5.41, 5.74) is 0.711. The van der Waals surface area contributed by atoms with Crippen LogP contribution < -0.4 is 10.7 Å². The van der Waals surface area contributed by atoms with E-state index in [1.165, 1.54) is 6.20 Å². The summed E-state index contributed by atoms with van der Waals surface area (Å²) in [6.07, 6.45) is 1.99. The molecule has 2 aromatic rings. The van der Waals surface area contributed by atoms with Crippen LogP contribution in [0.25, 0.3) is 10.9 Å². The minimum absolute atomic E-state index is 0.0284. The van der Waals surface area contributed by atoms with Gasteiger partial charge in [0.1, 0.15) is 0 Å². The summed E-state index contributed by atoms with van der Waals surface area (Å²) < 4.78 is 24.6. The van der Waals surface area contributed by atoms with E-state index in [1.54, 1.807) is 10.7 Å². The molecule has 0 aliphatic carbocycles. The summed E-state index contributed by atoms with van der Waals surface area (Å²) in [6, 6.07) is 7.38. The first kappa shape index (κ1) is 14.2. The number of hydrogen-bond donors (Lipinski definition) is 1. The predicted octanol–water partition coefficient (Wildman–Crippen LogP) is 0.173. The van der Waals surface area contributed by atoms with Crippen molar-refractivity contribution in [3.8, 4) is 0 Å². The summed E-state index contributed by atoms with van der Waals surface area (Å²) in [6.45, 7) is 1.22. The SMILES string of the molecule is O=c1cnn(CCNC2CCS(=O)(=O)C2)c2ccccc12. The van der Waals surface area contributed by atoms with Gasteiger partial charge >= 0.3 is 0 Å². The van der Waals surface area contributed by atoms with E-state index in [2.05, 4.69) is 10.4 Å². The number of nitrogens with zero attached hydrogens (tertiary/aromatic N) is 2. The Kier molecular flexibility index (Phi) is 3.77. The molecule has 112 valence electrons. The van der Waals surface area contributed by atoms with E-state index in [-0.39, 0.29) is 23.0 Å². The number of aromatic nitrogens is 2. The Bertz CT molecular complexity index is 814. The molecule has 6 nitrogen and oxygen atoms in total. The highest BCUT2D eigenvalue weighted by Gasteiger charge is 2.27. The predicted molar refractivity (Wildman–Crippen MR) is 81.1 cm³/mol. The fourth-order valence-electron chi connectivity index (χ4n) is 2.67. The lowest BCUT2D eigenvalue weighted by Crippen LogP contribution is -2.33. The first-order chi connectivity index (χ1) is 10.1. The molecule has 1 N–H and O–H groups in total. The van der Waals surface area contributed by atoms with Gasteiger partial charge in [-0.3, -0.25) is 9.48 Å². The molecule has 0 spiro atoms. The van der Waals surface area contributed by atoms with Gasteiger partial charge in [0.15, 0.2) is 9.84 Å². The molecule has 1 aromatic heterocycles. The third kappa shape index (κ3) is 3.14. The van der Waals surface area contributed by atoms with Crippen LogP contribution in [-0.2, 0) is 16.4 Å². The van der Waals surface area contributed by atoms with Crippen molar-refractivity contribution in [3.05, 3.63) is 40.7 Å². The van der Waals surface area contributed by atoms with Crippen LogP contribution in [0.1, 0.15) is 6.42 Å². The highest BCUT2D eigenvalue weighted by Crippen LogP contribution is 2.11. The highest BCUT2D eigenvalue weighted by atomic mass is 32.2. The third-order valence-electron chi connectivity index (χ3n) is 3.75. The molecule has 3 rings (SSSR count). The molecule has 1 aliphatic rings. The van der Waals surface area contributed by atoms with Crippen LogP contribution in [-0.4, -0.2) is 42.3 Å². The van der Waals surface area contributed by atoms with E-state index >= 15 is 0 Å². The maximum absolute atomic E-state index is 11.7. The lowest BCUT2D eigenvalue weighted by molar-refractivity contribution is 0.503. The normalized spacial score (nSPS) is 20.9. The molecule has 1 fully saturated rings. The smallest absolute Gasteiger partial charge is 0.207 e. The van der Waals surface area contributed by atoms with Crippen molar-refractivity contribution in [1.29, 1.82) is 0 Å². The summed E-state index contributed by atoms with van der Waals surface area (Å²) in [7, 11) is -2.86. The Balaban J connectivity index is 1.69. The number of benzene rings is 1. The Hall–Kier alpha value is -1.73. The van der Waals surface area contributed by atoms with Crippen LogP contribution in [0.4, 0.5) is 0 Å². The van der Waals surface area contributed by atoms with Crippen LogP contribution in [0.2, 0.25) is 0 Å². The molecule has 7 heteroatoms. The van der Waals surface area contributed by atoms with Gasteiger partial charge in [0.25, 0.3) is 0 Å². The fourth-order valence-corrected chi connectivity index (χ4v) is 4.38. The van der Waals surface area contributed by atoms with Crippen LogP contribution in [0.5, 0.6) is 0 Å². The first-order valence-electron chi connectivity index (χ1n) is 6.94. The van der Waals surface area contributed by atoms with Gasteiger partial charge in [-0.1, -0.05) is 12.1 Å². The molecule has 0 amide bonds. The average molecular weight is 307 g/mol. The van der Waals surface area contributed by atoms with Crippen LogP contribution in [0.3, 0.4) is 0 Å². The number of rotatable bonds is 4. The van der Waals surface area contributed by atoms with Gasteiger partial charge in [0, 0.05) is 18.0 Å². The number of hydrogen-bond acceptors (Lipinski definition) is 5. The Morgan fingerprint density at radius 3 is 2.90 bits per heavy atom. The third-order valence-corrected chi connectivity index (χ3v) is 5.52. The number of para-hydroxylation sites is 1. The Labute approximate surface area is 122 Å². The average Bonchev–Trinajstić information content (AvgIpc) is 2.81. The van der Waals surface area contributed by atoms with Gasteiger partial charge < -0.3 is 5.32 Å². The molecule has 1 unspecified atom stereocenters. The monoisotopic (exact) mass is 307 g/mol. The molecule has 1 atom stereocenters. The molecule has 2 heterocycles. The summed E-state index contributed by atoms with van der Waals surface area (Å²) in [5, 5.41) is 8.04. The standard InChI is InChI=1S/C14H17N3O3S/c18-14-9-16-17(13-4-2-1-3-12(13)14)7-6-15-11-5-8-21(19,20)10-11/h1-4,9,11,15H,5-8,10H2. The molecular weight excluding hydrogens is 290 g/mol. The van der Waals surface area contributed by atoms with Crippen molar-refractivity contribution >= 4 is 20.7 Å². The maximum atomic E-state index is 11.7. The lowest BCUT2D eigenvalue weighted by Gasteiger charge is -2.13. The van der Waals surface area contributed by atoms with E-state index in [9.17, 15) is 13.2 Å². The van der Waals surface area contributed by atoms with E-state index in [0.717, 1.165) is 5.52 Å². The summed E-state index contributed by atoms with van der Waals surface area (Å²) in [4.78, 5) is 11.7. The number of nitrogens with one attached hydrogen (secondary N) is 1. The Morgan fingerprint density at radius 1 is 1.33 bits per heavy atom. The molecule has 0 saturated carbocycles. The van der Waals surface area contributed by atoms with E-state index in [4.69, 9.17) is 0 Å². The second-order valence-corrected chi connectivity index (χ2v) is 7.53. The van der Waals surface area contributed by atoms with Crippen molar-refractivity contribution in [1.82, 2.24) is 15.1 Å². The summed E-state index contributed by atoms with van der Waals surface area (Å²) in [5.74, 6) is 0.481. The van der Waals surface area contributed by atoms with Crippen LogP contribution in [0, 0.1) is 0 Å². The molecule has 0 bridgehead atoms. The fraction of sp³-hybridized carbons (Fsp3) is 0.429. The molecule has 1 aliphatic heterocycles. The maximum Gasteiger partial charge on any atom is 0.207 e. The molecule has 1 aromatic carbocycles. The quantitative estimate of drug-likeness (QED) is 0.871. The van der Waals surface area contributed by atoms with Crippen molar-refractivity contribution in [2.45, 2.75) is 19.0 Å². The number of sulfone groups is 1. The molecule has 1 saturated heterocycles. The topological polar surface area (TPSA) is 81.1 Å². The van der Waals surface area contributed by atoms with Gasteiger partial charge in [-0.25, -0.2) is 8.42 Å². The zero-order valence-corrected chi connectivity index (χ0v) is 12.3. The van der Waals surface area contributed by atoms with Crippen molar-refractivity contribution in [2.75, 3.05) is 18.1 Å². The lowest BCUT2D eigenvalue weighted by atomic mass is 10.2. The minimum Gasteiger partial charge on any atom is -0.311 e. The van der Waals surface area contributed by atoms with Gasteiger partial charge in [-0.15, -0.1) is 0 Å². The van der Waals surface area contributed by atoms with Crippen molar-refractivity contribution in [3.63, 3.8) is 0 Å². The van der Waals surface area contributed by atoms with Crippen LogP contribution in [0.15, 0.2) is 35.3 Å². The zero-order valence-electron chi connectivity index (χ0n) is 11.5. The van der Waals surface area contributed by atoms with Crippen molar-refractivity contribution in [2.24, 2.45) is 0 Å². The number of fused-ring (bicyclic) bond motifs is 1. The van der Waals surface area contributed by atoms with Crippen LogP contribution >= 0.6 is 0 Å². The van der Waals surface area contributed by atoms with Gasteiger partial charge in [0.05, 0.1) is 29.8 Å². The summed E-state index contributed by atoms with van der Waals surface area (Å²) >= 11 is 0. The van der Waals surface area contributed by atoms with E-state index < -0.39 is 9.84 Å². The first-order valence-corrected chi connectivity index (χ1v) is 8.76. The van der Waals surface area contributed by atoms with Gasteiger partial charge in [-0.2, -0.15) is 5.10 Å². The molecule has 0 radical (unpaired) electrons. The largest absolute Gasteiger partial charge is 0.311 e. The Morgan fingerprint density at radius 2 is 2.14 bits per heavy atom. The second kappa shape index (κ2) is 5.57. The van der Waals surface area contributed by atoms with Crippen molar-refractivity contribution < 1.29 is 8.42 Å². The highest BCUT2D eigenvalue weighted by molar-refractivity contribution is 7.91. The second-order valence-electron chi connectivity index (χ2n) is 5.30. The molecular formula is C14H17N3O3S. The van der Waals surface area contributed by atoms with E-state index in [0.29, 0.717) is 24.9 Å². The zero-order chi connectivity index (χ0) is 14.9. The van der Waals surface area contributed by atoms with Gasteiger partial charge in [-0.05, 0) is 18.6 Å². The van der Waals surface area contributed by atoms with Gasteiger partial charge in [0.2, 0.25) is 5.43 Å². The molecule has 21 heavy (non-hydrogen) atoms. The minimum atomic E-state index is -2.86. The van der Waals surface area contributed by atoms with E-state index in [1.807, 2.05) is 18.2 Å².